The van der Waals surface area contributed by atoms with Crippen molar-refractivity contribution in [2.24, 2.45) is 0 Å². The molecule has 0 saturated heterocycles. The van der Waals surface area contributed by atoms with E-state index in [9.17, 15) is 8.42 Å². The first-order valence-electron chi connectivity index (χ1n) is 11.0. The zero-order valence-electron chi connectivity index (χ0n) is 18.6. The van der Waals surface area contributed by atoms with Crippen LogP contribution in [0.15, 0.2) is 88.4 Å². The van der Waals surface area contributed by atoms with Gasteiger partial charge in [-0.3, -0.25) is 0 Å². The summed E-state index contributed by atoms with van der Waals surface area (Å²) < 4.78 is 30.6. The number of fused-ring (bicyclic) bond motifs is 2. The Hall–Kier alpha value is -3.47. The summed E-state index contributed by atoms with van der Waals surface area (Å²) in [7, 11) is -3.60. The van der Waals surface area contributed by atoms with Crippen LogP contribution in [-0.4, -0.2) is 36.1 Å². The molecule has 5 rings (SSSR count). The number of nitrogen functional groups attached to an aromatic ring is 1. The smallest absolute Gasteiger partial charge is 0.240 e. The molecule has 0 unspecified atom stereocenters. The maximum absolute atomic E-state index is 12.7. The van der Waals surface area contributed by atoms with Crippen LogP contribution in [0.1, 0.15) is 6.42 Å². The second kappa shape index (κ2) is 9.65. The fourth-order valence-corrected chi connectivity index (χ4v) is 5.32. The molecule has 8 nitrogen and oxygen atoms in total. The summed E-state index contributed by atoms with van der Waals surface area (Å²) in [5.74, 6) is 0.733. The molecule has 5 aromatic rings. The molecule has 0 aliphatic heterocycles. The van der Waals surface area contributed by atoms with E-state index in [1.165, 1.54) is 0 Å². The third-order valence-electron chi connectivity index (χ3n) is 5.65. The summed E-state index contributed by atoms with van der Waals surface area (Å²) in [4.78, 5) is 4.96. The molecule has 0 spiro atoms. The van der Waals surface area contributed by atoms with Crippen molar-refractivity contribution in [1.29, 1.82) is 0 Å². The fraction of sp³-hybridized carbons (Fsp3) is 0.120. The number of para-hydroxylation sites is 1. The van der Waals surface area contributed by atoms with Crippen molar-refractivity contribution in [3.63, 3.8) is 0 Å². The topological polar surface area (TPSA) is 114 Å². The summed E-state index contributed by atoms with van der Waals surface area (Å²) in [6.45, 7) is 0.818. The van der Waals surface area contributed by atoms with Gasteiger partial charge in [0.2, 0.25) is 10.0 Å². The van der Waals surface area contributed by atoms with Gasteiger partial charge in [0.25, 0.3) is 0 Å². The first kappa shape index (κ1) is 23.3. The van der Waals surface area contributed by atoms with Crippen molar-refractivity contribution in [2.45, 2.75) is 11.3 Å². The molecule has 178 valence electrons. The van der Waals surface area contributed by atoms with Crippen LogP contribution in [0.5, 0.6) is 0 Å². The molecular formula is C25H23BrN6O2S. The Kier molecular flexibility index (Phi) is 6.42. The van der Waals surface area contributed by atoms with E-state index in [-0.39, 0.29) is 11.4 Å². The molecule has 0 radical (unpaired) electrons. The van der Waals surface area contributed by atoms with Crippen LogP contribution >= 0.6 is 15.9 Å². The predicted octanol–water partition coefficient (Wildman–Crippen LogP) is 4.67. The van der Waals surface area contributed by atoms with Crippen LogP contribution in [0.4, 0.5) is 11.5 Å². The minimum absolute atomic E-state index is 0.256. The number of aromatic nitrogens is 3. The minimum atomic E-state index is -3.60. The van der Waals surface area contributed by atoms with Crippen molar-refractivity contribution >= 4 is 53.9 Å². The lowest BCUT2D eigenvalue weighted by atomic mass is 10.1. The molecule has 3 aromatic carbocycles. The van der Waals surface area contributed by atoms with Gasteiger partial charge in [-0.1, -0.05) is 48.5 Å². The van der Waals surface area contributed by atoms with Gasteiger partial charge in [0.15, 0.2) is 5.65 Å². The number of rotatable bonds is 8. The second-order valence-electron chi connectivity index (χ2n) is 8.03. The number of nitrogens with one attached hydrogen (secondary N) is 2. The van der Waals surface area contributed by atoms with Gasteiger partial charge in [0, 0.05) is 30.4 Å². The molecule has 2 aromatic heterocycles. The number of sulfonamides is 1. The Bertz CT molecular complexity index is 1630. The zero-order chi connectivity index (χ0) is 24.4. The lowest BCUT2D eigenvalue weighted by molar-refractivity contribution is 0.580. The first-order valence-corrected chi connectivity index (χ1v) is 13.3. The SMILES string of the molecule is Nc1ccccc1-c1cc(NCCCNS(=O)(=O)c2ccc3ccccc3c2)n2ncc(Br)c2n1. The van der Waals surface area contributed by atoms with Crippen LogP contribution in [0.25, 0.3) is 27.7 Å². The highest BCUT2D eigenvalue weighted by Gasteiger charge is 2.15. The summed E-state index contributed by atoms with van der Waals surface area (Å²) in [6.07, 6.45) is 2.26. The van der Waals surface area contributed by atoms with Gasteiger partial charge in [-0.05, 0) is 51.3 Å². The number of benzene rings is 3. The first-order chi connectivity index (χ1) is 16.9. The summed E-state index contributed by atoms with van der Waals surface area (Å²) in [5.41, 5.74) is 9.00. The molecule has 0 aliphatic carbocycles. The number of nitrogens with zero attached hydrogens (tertiary/aromatic N) is 3. The lowest BCUT2D eigenvalue weighted by Crippen LogP contribution is -2.26. The predicted molar refractivity (Wildman–Crippen MR) is 143 cm³/mol. The number of anilines is 2. The van der Waals surface area contributed by atoms with E-state index in [1.54, 1.807) is 22.8 Å². The fourth-order valence-electron chi connectivity index (χ4n) is 3.86. The van der Waals surface area contributed by atoms with Crippen LogP contribution in [-0.2, 0) is 10.0 Å². The van der Waals surface area contributed by atoms with Crippen LogP contribution in [0, 0.1) is 0 Å². The average molecular weight is 551 g/mol. The van der Waals surface area contributed by atoms with Gasteiger partial charge in [-0.25, -0.2) is 18.1 Å². The molecule has 35 heavy (non-hydrogen) atoms. The highest BCUT2D eigenvalue weighted by atomic mass is 79.9. The highest BCUT2D eigenvalue weighted by molar-refractivity contribution is 9.10. The summed E-state index contributed by atoms with van der Waals surface area (Å²) in [6, 6.07) is 22.2. The van der Waals surface area contributed by atoms with Crippen molar-refractivity contribution in [3.8, 4) is 11.3 Å². The van der Waals surface area contributed by atoms with Gasteiger partial charge in [0.05, 0.1) is 21.3 Å². The molecule has 0 bridgehead atoms. The molecule has 4 N–H and O–H groups in total. The molecule has 0 saturated carbocycles. The normalized spacial score (nSPS) is 11.8. The largest absolute Gasteiger partial charge is 0.398 e. The van der Waals surface area contributed by atoms with Crippen LogP contribution in [0.2, 0.25) is 0 Å². The number of hydrogen-bond acceptors (Lipinski definition) is 6. The maximum Gasteiger partial charge on any atom is 0.240 e. The van der Waals surface area contributed by atoms with Gasteiger partial charge in [-0.15, -0.1) is 0 Å². The van der Waals surface area contributed by atoms with Gasteiger partial charge in [0.1, 0.15) is 5.82 Å². The van der Waals surface area contributed by atoms with Crippen molar-refractivity contribution < 1.29 is 8.42 Å². The van der Waals surface area contributed by atoms with E-state index in [0.29, 0.717) is 24.3 Å². The summed E-state index contributed by atoms with van der Waals surface area (Å²) in [5, 5.41) is 9.61. The van der Waals surface area contributed by atoms with Crippen molar-refractivity contribution in [3.05, 3.63) is 83.5 Å². The molecule has 2 heterocycles. The van der Waals surface area contributed by atoms with Crippen LogP contribution < -0.4 is 15.8 Å². The van der Waals surface area contributed by atoms with E-state index in [1.807, 2.05) is 60.7 Å². The van der Waals surface area contributed by atoms with Gasteiger partial charge >= 0.3 is 0 Å². The average Bonchev–Trinajstić information content (AvgIpc) is 3.24. The Morgan fingerprint density at radius 1 is 0.943 bits per heavy atom. The number of nitrogens with two attached hydrogens (primary N) is 1. The Labute approximate surface area is 211 Å². The van der Waals surface area contributed by atoms with Gasteiger partial charge < -0.3 is 11.1 Å². The second-order valence-corrected chi connectivity index (χ2v) is 10.7. The van der Waals surface area contributed by atoms with Crippen LogP contribution in [0.3, 0.4) is 0 Å². The lowest BCUT2D eigenvalue weighted by Gasteiger charge is -2.12. The van der Waals surface area contributed by atoms with E-state index in [4.69, 9.17) is 10.7 Å². The Morgan fingerprint density at radius 3 is 2.54 bits per heavy atom. The third kappa shape index (κ3) is 4.86. The standard InChI is InChI=1S/C25H23BrN6O2S/c26-21-16-29-32-24(15-23(31-25(21)32)20-8-3-4-9-22(20)27)28-12-5-13-30-35(33,34)19-11-10-17-6-1-2-7-18(17)14-19/h1-4,6-11,14-16,28,30H,5,12-13,27H2. The number of halogens is 1. The number of hydrogen-bond donors (Lipinski definition) is 3. The molecular weight excluding hydrogens is 528 g/mol. The molecule has 0 atom stereocenters. The maximum atomic E-state index is 12.7. The van der Waals surface area contributed by atoms with E-state index in [0.717, 1.165) is 32.3 Å². The molecule has 0 aliphatic rings. The Morgan fingerprint density at radius 2 is 1.71 bits per heavy atom. The Balaban J connectivity index is 1.27. The monoisotopic (exact) mass is 550 g/mol. The van der Waals surface area contributed by atoms with Crippen molar-refractivity contribution in [2.75, 3.05) is 24.1 Å². The van der Waals surface area contributed by atoms with E-state index in [2.05, 4.69) is 31.1 Å². The third-order valence-corrected chi connectivity index (χ3v) is 7.67. The van der Waals surface area contributed by atoms with E-state index >= 15 is 0 Å². The van der Waals surface area contributed by atoms with Gasteiger partial charge in [-0.2, -0.15) is 9.61 Å². The minimum Gasteiger partial charge on any atom is -0.398 e. The van der Waals surface area contributed by atoms with Crippen molar-refractivity contribution in [1.82, 2.24) is 19.3 Å². The molecule has 0 amide bonds. The molecule has 10 heteroatoms. The summed E-state index contributed by atoms with van der Waals surface area (Å²) >= 11 is 3.50. The molecule has 0 fully saturated rings. The highest BCUT2D eigenvalue weighted by Crippen LogP contribution is 2.29. The van der Waals surface area contributed by atoms with E-state index < -0.39 is 10.0 Å². The zero-order valence-corrected chi connectivity index (χ0v) is 21.1. The quantitative estimate of drug-likeness (QED) is 0.191.